The summed E-state index contributed by atoms with van der Waals surface area (Å²) in [4.78, 5) is 0. The van der Waals surface area contributed by atoms with Crippen LogP contribution in [0.4, 0.5) is 4.39 Å². The summed E-state index contributed by atoms with van der Waals surface area (Å²) in [5, 5.41) is 1.14. The van der Waals surface area contributed by atoms with Crippen molar-refractivity contribution in [2.75, 3.05) is 5.33 Å². The summed E-state index contributed by atoms with van der Waals surface area (Å²) in [6.45, 7) is 0. The van der Waals surface area contributed by atoms with E-state index in [9.17, 15) is 4.39 Å². The third kappa shape index (κ3) is 7.86. The first-order valence-corrected chi connectivity index (χ1v) is 8.25. The molecule has 0 saturated carbocycles. The summed E-state index contributed by atoms with van der Waals surface area (Å²) in [6.07, 6.45) is 11.8. The molecule has 0 aliphatic carbocycles. The zero-order valence-corrected chi connectivity index (χ0v) is 12.7. The fraction of sp³-hybridized carbons (Fsp3) is 0.625. The molecule has 0 atom stereocenters. The van der Waals surface area contributed by atoms with Gasteiger partial charge in [-0.05, 0) is 37.0 Å². The molecule has 0 saturated heterocycles. The molecule has 0 radical (unpaired) electrons. The van der Waals surface area contributed by atoms with E-state index in [-0.39, 0.29) is 5.82 Å². The van der Waals surface area contributed by atoms with Crippen LogP contribution in [0.15, 0.2) is 24.3 Å². The third-order valence-corrected chi connectivity index (χ3v) is 3.82. The number of unbranched alkanes of at least 4 members (excludes halogenated alkanes) is 7. The third-order valence-electron chi connectivity index (χ3n) is 3.26. The van der Waals surface area contributed by atoms with Crippen molar-refractivity contribution in [3.8, 4) is 0 Å². The number of benzene rings is 1. The van der Waals surface area contributed by atoms with Crippen molar-refractivity contribution in [2.45, 2.75) is 57.8 Å². The van der Waals surface area contributed by atoms with Crippen LogP contribution in [-0.2, 0) is 6.42 Å². The number of halogens is 2. The highest BCUT2D eigenvalue weighted by molar-refractivity contribution is 9.09. The van der Waals surface area contributed by atoms with E-state index in [1.165, 1.54) is 56.9 Å². The predicted octanol–water partition coefficient (Wildman–Crippen LogP) is 5.88. The summed E-state index contributed by atoms with van der Waals surface area (Å²) in [7, 11) is 0. The molecule has 0 amide bonds. The minimum Gasteiger partial charge on any atom is -0.207 e. The monoisotopic (exact) mass is 314 g/mol. The Hall–Kier alpha value is -0.370. The molecule has 0 bridgehead atoms. The second-order valence-electron chi connectivity index (χ2n) is 4.89. The van der Waals surface area contributed by atoms with Crippen molar-refractivity contribution in [1.82, 2.24) is 0 Å². The van der Waals surface area contributed by atoms with Crippen molar-refractivity contribution in [1.29, 1.82) is 0 Å². The average molecular weight is 315 g/mol. The van der Waals surface area contributed by atoms with E-state index in [4.69, 9.17) is 0 Å². The number of rotatable bonds is 10. The Labute approximate surface area is 119 Å². The van der Waals surface area contributed by atoms with E-state index < -0.39 is 0 Å². The van der Waals surface area contributed by atoms with Gasteiger partial charge in [-0.3, -0.25) is 0 Å². The van der Waals surface area contributed by atoms with Crippen LogP contribution in [-0.4, -0.2) is 5.33 Å². The topological polar surface area (TPSA) is 0 Å². The Kier molecular flexibility index (Phi) is 9.19. The molecule has 18 heavy (non-hydrogen) atoms. The first-order chi connectivity index (χ1) is 8.83. The van der Waals surface area contributed by atoms with Crippen molar-refractivity contribution < 1.29 is 4.39 Å². The number of alkyl halides is 1. The quantitative estimate of drug-likeness (QED) is 0.373. The Morgan fingerprint density at radius 2 is 1.22 bits per heavy atom. The molecule has 1 rings (SSSR count). The minimum atomic E-state index is -0.137. The van der Waals surface area contributed by atoms with Gasteiger partial charge in [0, 0.05) is 5.33 Å². The maximum absolute atomic E-state index is 12.7. The van der Waals surface area contributed by atoms with E-state index in [1.54, 1.807) is 12.1 Å². The second-order valence-corrected chi connectivity index (χ2v) is 5.69. The largest absolute Gasteiger partial charge is 0.207 e. The first kappa shape index (κ1) is 15.7. The van der Waals surface area contributed by atoms with Gasteiger partial charge in [-0.15, -0.1) is 0 Å². The Balaban J connectivity index is 1.91. The molecule has 0 nitrogen and oxygen atoms in total. The SMILES string of the molecule is Fc1ccc(CCCCCCCCCCBr)cc1. The minimum absolute atomic E-state index is 0.137. The molecule has 1 aromatic rings. The molecule has 0 fully saturated rings. The molecule has 2 heteroatoms. The summed E-state index contributed by atoms with van der Waals surface area (Å²) < 4.78 is 12.7. The Morgan fingerprint density at radius 1 is 0.722 bits per heavy atom. The number of hydrogen-bond acceptors (Lipinski definition) is 0. The lowest BCUT2D eigenvalue weighted by Crippen LogP contribution is -1.87. The predicted molar refractivity (Wildman–Crippen MR) is 80.8 cm³/mol. The molecule has 0 aliphatic heterocycles. The summed E-state index contributed by atoms with van der Waals surface area (Å²) in [5.74, 6) is -0.137. The van der Waals surface area contributed by atoms with Gasteiger partial charge in [-0.25, -0.2) is 4.39 Å². The van der Waals surface area contributed by atoms with Crippen LogP contribution in [0, 0.1) is 5.82 Å². The van der Waals surface area contributed by atoms with Gasteiger partial charge in [0.2, 0.25) is 0 Å². The highest BCUT2D eigenvalue weighted by Crippen LogP contribution is 2.12. The smallest absolute Gasteiger partial charge is 0.123 e. The number of hydrogen-bond donors (Lipinski definition) is 0. The molecule has 0 spiro atoms. The van der Waals surface area contributed by atoms with Gasteiger partial charge in [0.25, 0.3) is 0 Å². The van der Waals surface area contributed by atoms with Gasteiger partial charge in [0.05, 0.1) is 0 Å². The summed E-state index contributed by atoms with van der Waals surface area (Å²) in [5.41, 5.74) is 1.26. The Bertz CT molecular complexity index is 294. The zero-order chi connectivity index (χ0) is 13.1. The summed E-state index contributed by atoms with van der Waals surface area (Å²) in [6, 6.07) is 6.91. The molecule has 0 N–H and O–H groups in total. The van der Waals surface area contributed by atoms with Gasteiger partial charge in [0.15, 0.2) is 0 Å². The lowest BCUT2D eigenvalue weighted by atomic mass is 10.0. The molecule has 0 aliphatic rings. The van der Waals surface area contributed by atoms with Crippen LogP contribution in [0.2, 0.25) is 0 Å². The number of aryl methyl sites for hydroxylation is 1. The lowest BCUT2D eigenvalue weighted by Gasteiger charge is -2.02. The standard InChI is InChI=1S/C16H24BrF/c17-14-8-6-4-2-1-3-5-7-9-15-10-12-16(18)13-11-15/h10-13H,1-9,14H2. The highest BCUT2D eigenvalue weighted by atomic mass is 79.9. The van der Waals surface area contributed by atoms with E-state index in [0.717, 1.165) is 11.8 Å². The maximum Gasteiger partial charge on any atom is 0.123 e. The normalized spacial score (nSPS) is 10.8. The van der Waals surface area contributed by atoms with Crippen LogP contribution in [0.1, 0.15) is 56.9 Å². The molecule has 0 aromatic heterocycles. The Morgan fingerprint density at radius 3 is 1.78 bits per heavy atom. The van der Waals surface area contributed by atoms with Gasteiger partial charge in [-0.2, -0.15) is 0 Å². The van der Waals surface area contributed by atoms with Crippen LogP contribution in [0.5, 0.6) is 0 Å². The van der Waals surface area contributed by atoms with Crippen molar-refractivity contribution in [3.05, 3.63) is 35.6 Å². The fourth-order valence-corrected chi connectivity index (χ4v) is 2.53. The van der Waals surface area contributed by atoms with Crippen molar-refractivity contribution in [2.24, 2.45) is 0 Å². The van der Waals surface area contributed by atoms with Gasteiger partial charge in [0.1, 0.15) is 5.82 Å². The van der Waals surface area contributed by atoms with E-state index in [1.807, 2.05) is 12.1 Å². The van der Waals surface area contributed by atoms with Crippen molar-refractivity contribution >= 4 is 15.9 Å². The van der Waals surface area contributed by atoms with Crippen molar-refractivity contribution in [3.63, 3.8) is 0 Å². The first-order valence-electron chi connectivity index (χ1n) is 7.13. The molecular formula is C16H24BrF. The summed E-state index contributed by atoms with van der Waals surface area (Å²) >= 11 is 3.46. The molecular weight excluding hydrogens is 291 g/mol. The fourth-order valence-electron chi connectivity index (χ4n) is 2.14. The second kappa shape index (κ2) is 10.5. The average Bonchev–Trinajstić information content (AvgIpc) is 2.39. The van der Waals surface area contributed by atoms with Crippen LogP contribution < -0.4 is 0 Å². The maximum atomic E-state index is 12.7. The van der Waals surface area contributed by atoms with Gasteiger partial charge >= 0.3 is 0 Å². The highest BCUT2D eigenvalue weighted by Gasteiger charge is 1.95. The van der Waals surface area contributed by atoms with E-state index in [2.05, 4.69) is 15.9 Å². The molecule has 1 aromatic carbocycles. The molecule has 0 unspecified atom stereocenters. The zero-order valence-electron chi connectivity index (χ0n) is 11.1. The van der Waals surface area contributed by atoms with Gasteiger partial charge in [-0.1, -0.05) is 66.6 Å². The van der Waals surface area contributed by atoms with E-state index >= 15 is 0 Å². The van der Waals surface area contributed by atoms with Crippen LogP contribution in [0.3, 0.4) is 0 Å². The van der Waals surface area contributed by atoms with Gasteiger partial charge < -0.3 is 0 Å². The molecule has 102 valence electrons. The molecule has 0 heterocycles. The van der Waals surface area contributed by atoms with Crippen LogP contribution >= 0.6 is 15.9 Å². The lowest BCUT2D eigenvalue weighted by molar-refractivity contribution is 0.576. The van der Waals surface area contributed by atoms with E-state index in [0.29, 0.717) is 0 Å². The van der Waals surface area contributed by atoms with Crippen LogP contribution in [0.25, 0.3) is 0 Å².